The molecule has 1 aliphatic carbocycles. The molecular weight excluding hydrogens is 374 g/mol. The maximum atomic E-state index is 13.5. The van der Waals surface area contributed by atoms with Crippen LogP contribution in [-0.2, 0) is 16.4 Å². The fraction of sp³-hybridized carbons (Fsp3) is 0.619. The normalized spacial score (nSPS) is 21.2. The molecule has 152 valence electrons. The van der Waals surface area contributed by atoms with Gasteiger partial charge in [-0.1, -0.05) is 11.2 Å². The molecule has 1 aromatic carbocycles. The Labute approximate surface area is 167 Å². The SMILES string of the molecule is Cc1cc(C)c(C)c(S(=O)(=O)N2CCC[C@@H](Cc3nc(C4CC4)no3)C2)c1C. The van der Waals surface area contributed by atoms with Crippen molar-refractivity contribution in [3.8, 4) is 0 Å². The van der Waals surface area contributed by atoms with Crippen molar-refractivity contribution in [3.63, 3.8) is 0 Å². The van der Waals surface area contributed by atoms with E-state index in [-0.39, 0.29) is 5.92 Å². The van der Waals surface area contributed by atoms with Crippen molar-refractivity contribution in [3.05, 3.63) is 40.0 Å². The van der Waals surface area contributed by atoms with E-state index in [1.165, 1.54) is 0 Å². The Hall–Kier alpha value is -1.73. The topological polar surface area (TPSA) is 76.3 Å². The zero-order valence-electron chi connectivity index (χ0n) is 17.2. The van der Waals surface area contributed by atoms with Crippen molar-refractivity contribution in [1.82, 2.24) is 14.4 Å². The van der Waals surface area contributed by atoms with Crippen LogP contribution in [0.25, 0.3) is 0 Å². The van der Waals surface area contributed by atoms with E-state index in [9.17, 15) is 8.42 Å². The zero-order valence-corrected chi connectivity index (χ0v) is 18.0. The molecule has 0 radical (unpaired) electrons. The average Bonchev–Trinajstić information content (AvgIpc) is 3.40. The average molecular weight is 404 g/mol. The number of rotatable bonds is 5. The molecule has 2 aromatic rings. The predicted molar refractivity (Wildman–Crippen MR) is 107 cm³/mol. The van der Waals surface area contributed by atoms with Crippen LogP contribution in [0.3, 0.4) is 0 Å². The highest BCUT2D eigenvalue weighted by molar-refractivity contribution is 7.89. The van der Waals surface area contributed by atoms with E-state index in [0.29, 0.717) is 36.2 Å². The lowest BCUT2D eigenvalue weighted by Gasteiger charge is -2.32. The minimum absolute atomic E-state index is 0.211. The largest absolute Gasteiger partial charge is 0.339 e. The number of aromatic nitrogens is 2. The van der Waals surface area contributed by atoms with Gasteiger partial charge in [-0.3, -0.25) is 0 Å². The van der Waals surface area contributed by atoms with E-state index >= 15 is 0 Å². The second-order valence-electron chi connectivity index (χ2n) is 8.49. The second kappa shape index (κ2) is 7.26. The fourth-order valence-electron chi connectivity index (χ4n) is 4.21. The standard InChI is InChI=1S/C21H29N3O3S/c1-13-10-14(2)16(4)20(15(13)3)28(25,26)24-9-5-6-17(12-24)11-19-22-21(23-27-19)18-7-8-18/h10,17-18H,5-9,11-12H2,1-4H3/t17-/m0/s1. The first-order chi connectivity index (χ1) is 13.3. The monoisotopic (exact) mass is 403 g/mol. The number of hydrogen-bond acceptors (Lipinski definition) is 5. The van der Waals surface area contributed by atoms with Crippen molar-refractivity contribution in [2.45, 2.75) is 70.6 Å². The van der Waals surface area contributed by atoms with Crippen molar-refractivity contribution >= 4 is 10.0 Å². The maximum Gasteiger partial charge on any atom is 0.243 e. The molecule has 0 bridgehead atoms. The van der Waals surface area contributed by atoms with Crippen molar-refractivity contribution in [2.75, 3.05) is 13.1 Å². The zero-order chi connectivity index (χ0) is 20.1. The van der Waals surface area contributed by atoms with E-state index in [2.05, 4.69) is 16.2 Å². The highest BCUT2D eigenvalue weighted by atomic mass is 32.2. The summed E-state index contributed by atoms with van der Waals surface area (Å²) < 4.78 is 34.1. The lowest BCUT2D eigenvalue weighted by molar-refractivity contribution is 0.246. The van der Waals surface area contributed by atoms with E-state index in [1.54, 1.807) is 4.31 Å². The van der Waals surface area contributed by atoms with Crippen LogP contribution in [0.15, 0.2) is 15.5 Å². The number of hydrogen-bond donors (Lipinski definition) is 0. The highest BCUT2D eigenvalue weighted by Crippen LogP contribution is 2.38. The van der Waals surface area contributed by atoms with Gasteiger partial charge in [0.05, 0.1) is 4.90 Å². The summed E-state index contributed by atoms with van der Waals surface area (Å²) in [5.41, 5.74) is 3.76. The van der Waals surface area contributed by atoms with Crippen LogP contribution < -0.4 is 0 Å². The van der Waals surface area contributed by atoms with Crippen LogP contribution in [-0.4, -0.2) is 36.0 Å². The lowest BCUT2D eigenvalue weighted by Crippen LogP contribution is -2.41. The van der Waals surface area contributed by atoms with Gasteiger partial charge in [-0.2, -0.15) is 9.29 Å². The predicted octanol–water partition coefficient (Wildman–Crippen LogP) is 3.82. The van der Waals surface area contributed by atoms with Crippen LogP contribution in [0.5, 0.6) is 0 Å². The van der Waals surface area contributed by atoms with Crippen molar-refractivity contribution in [2.24, 2.45) is 5.92 Å². The number of benzene rings is 1. The van der Waals surface area contributed by atoms with Crippen molar-refractivity contribution < 1.29 is 12.9 Å². The Morgan fingerprint density at radius 1 is 1.11 bits per heavy atom. The van der Waals surface area contributed by atoms with Crippen molar-refractivity contribution in [1.29, 1.82) is 0 Å². The minimum atomic E-state index is -3.53. The first-order valence-electron chi connectivity index (χ1n) is 10.2. The summed E-state index contributed by atoms with van der Waals surface area (Å²) in [4.78, 5) is 5.00. The van der Waals surface area contributed by atoms with E-state index in [4.69, 9.17) is 4.52 Å². The quantitative estimate of drug-likeness (QED) is 0.758. The van der Waals surface area contributed by atoms with Gasteiger partial charge >= 0.3 is 0 Å². The summed E-state index contributed by atoms with van der Waals surface area (Å²) in [5.74, 6) is 2.14. The summed E-state index contributed by atoms with van der Waals surface area (Å²) in [6.45, 7) is 8.86. The van der Waals surface area contributed by atoms with Gasteiger partial charge in [-0.25, -0.2) is 8.42 Å². The van der Waals surface area contributed by atoms with Gasteiger partial charge in [0.1, 0.15) is 0 Å². The minimum Gasteiger partial charge on any atom is -0.339 e. The lowest BCUT2D eigenvalue weighted by atomic mass is 9.96. The Kier molecular flexibility index (Phi) is 5.08. The van der Waals surface area contributed by atoms with Crippen LogP contribution in [0.2, 0.25) is 0 Å². The molecule has 28 heavy (non-hydrogen) atoms. The molecule has 4 rings (SSSR count). The molecule has 0 spiro atoms. The molecule has 2 aliphatic rings. The van der Waals surface area contributed by atoms with E-state index in [0.717, 1.165) is 53.8 Å². The molecule has 0 amide bonds. The van der Waals surface area contributed by atoms with Crippen LogP contribution in [0, 0.1) is 33.6 Å². The summed E-state index contributed by atoms with van der Waals surface area (Å²) >= 11 is 0. The summed E-state index contributed by atoms with van der Waals surface area (Å²) in [5, 5.41) is 4.08. The molecule has 1 aliphatic heterocycles. The molecule has 1 aromatic heterocycles. The Morgan fingerprint density at radius 3 is 2.43 bits per heavy atom. The Balaban J connectivity index is 1.55. The summed E-state index contributed by atoms with van der Waals surface area (Å²) in [6.07, 6.45) is 4.77. The van der Waals surface area contributed by atoms with Crippen LogP contribution in [0.1, 0.15) is 65.6 Å². The smallest absolute Gasteiger partial charge is 0.243 e. The highest BCUT2D eigenvalue weighted by Gasteiger charge is 2.34. The molecule has 7 heteroatoms. The molecule has 1 saturated heterocycles. The van der Waals surface area contributed by atoms with E-state index < -0.39 is 10.0 Å². The molecular formula is C21H29N3O3S. The third kappa shape index (κ3) is 3.62. The fourth-order valence-corrected chi connectivity index (χ4v) is 6.34. The number of nitrogens with zero attached hydrogens (tertiary/aromatic N) is 3. The summed E-state index contributed by atoms with van der Waals surface area (Å²) in [6, 6.07) is 2.07. The molecule has 0 N–H and O–H groups in total. The first-order valence-corrected chi connectivity index (χ1v) is 11.6. The third-order valence-electron chi connectivity index (χ3n) is 6.27. The molecule has 1 atom stereocenters. The first kappa shape index (κ1) is 19.6. The third-order valence-corrected chi connectivity index (χ3v) is 8.41. The van der Waals surface area contributed by atoms with Gasteiger partial charge < -0.3 is 4.52 Å². The Morgan fingerprint density at radius 2 is 1.79 bits per heavy atom. The van der Waals surface area contributed by atoms with Gasteiger partial charge in [0, 0.05) is 25.4 Å². The number of piperidine rings is 1. The van der Waals surface area contributed by atoms with Gasteiger partial charge in [-0.15, -0.1) is 0 Å². The number of sulfonamides is 1. The molecule has 0 unspecified atom stereocenters. The number of aryl methyl sites for hydroxylation is 2. The molecule has 2 heterocycles. The van der Waals surface area contributed by atoms with Gasteiger partial charge in [0.15, 0.2) is 5.82 Å². The van der Waals surface area contributed by atoms with E-state index in [1.807, 2.05) is 27.7 Å². The molecule has 6 nitrogen and oxygen atoms in total. The van der Waals surface area contributed by atoms with Crippen LogP contribution >= 0.6 is 0 Å². The molecule has 1 saturated carbocycles. The molecule has 2 fully saturated rings. The van der Waals surface area contributed by atoms with Crippen LogP contribution in [0.4, 0.5) is 0 Å². The van der Waals surface area contributed by atoms with Gasteiger partial charge in [0.2, 0.25) is 15.9 Å². The maximum absolute atomic E-state index is 13.5. The Bertz CT molecular complexity index is 966. The van der Waals surface area contributed by atoms with Gasteiger partial charge in [0.25, 0.3) is 0 Å². The summed E-state index contributed by atoms with van der Waals surface area (Å²) in [7, 11) is -3.53. The van der Waals surface area contributed by atoms with Gasteiger partial charge in [-0.05, 0) is 81.5 Å². The second-order valence-corrected chi connectivity index (χ2v) is 10.4.